The Morgan fingerprint density at radius 2 is 1.90 bits per heavy atom. The molecular formula is C15H26N2O4. The van der Waals surface area contributed by atoms with Crippen molar-refractivity contribution >= 4 is 17.8 Å². The van der Waals surface area contributed by atoms with Gasteiger partial charge in [-0.2, -0.15) is 0 Å². The molecule has 1 rings (SSSR count). The molecule has 120 valence electrons. The maximum absolute atomic E-state index is 12.4. The number of aliphatic carboxylic acids is 1. The van der Waals surface area contributed by atoms with E-state index in [4.69, 9.17) is 0 Å². The van der Waals surface area contributed by atoms with Gasteiger partial charge >= 0.3 is 5.97 Å². The molecule has 0 bridgehead atoms. The lowest BCUT2D eigenvalue weighted by Crippen LogP contribution is -2.49. The lowest BCUT2D eigenvalue weighted by Gasteiger charge is -2.25. The SMILES string of the molecule is CCC(CC)N1C(=O)CC(NC(CC(C)C)C(=O)O)C1=O. The molecule has 1 saturated heterocycles. The van der Waals surface area contributed by atoms with Gasteiger partial charge in [0.05, 0.1) is 12.5 Å². The van der Waals surface area contributed by atoms with Crippen LogP contribution in [0.2, 0.25) is 0 Å². The van der Waals surface area contributed by atoms with Crippen molar-refractivity contribution in [2.24, 2.45) is 5.92 Å². The normalized spacial score (nSPS) is 20.7. The molecule has 0 aromatic rings. The molecule has 0 aromatic heterocycles. The fourth-order valence-corrected chi connectivity index (χ4v) is 2.77. The molecule has 0 aliphatic carbocycles. The Bertz CT molecular complexity index is 404. The number of carbonyl (C=O) groups excluding carboxylic acids is 2. The molecule has 2 N–H and O–H groups in total. The average molecular weight is 298 g/mol. The molecule has 1 aliphatic heterocycles. The summed E-state index contributed by atoms with van der Waals surface area (Å²) in [5.74, 6) is -1.28. The van der Waals surface area contributed by atoms with Gasteiger partial charge in [0.15, 0.2) is 0 Å². The van der Waals surface area contributed by atoms with Crippen LogP contribution in [-0.4, -0.2) is 45.9 Å². The number of nitrogens with zero attached hydrogens (tertiary/aromatic N) is 1. The zero-order valence-corrected chi connectivity index (χ0v) is 13.3. The number of carboxylic acids is 1. The first-order valence-corrected chi connectivity index (χ1v) is 7.66. The molecule has 1 aliphatic rings. The smallest absolute Gasteiger partial charge is 0.320 e. The summed E-state index contributed by atoms with van der Waals surface area (Å²) in [4.78, 5) is 37.0. The third kappa shape index (κ3) is 4.27. The zero-order valence-electron chi connectivity index (χ0n) is 13.3. The number of imide groups is 1. The van der Waals surface area contributed by atoms with Crippen LogP contribution in [0, 0.1) is 5.92 Å². The van der Waals surface area contributed by atoms with Crippen LogP contribution in [0.4, 0.5) is 0 Å². The standard InChI is InChI=1S/C15H26N2O4/c1-5-10(6-2)17-13(18)8-11(14(17)19)16-12(15(20)21)7-9(3)4/h9-12,16H,5-8H2,1-4H3,(H,20,21). The summed E-state index contributed by atoms with van der Waals surface area (Å²) in [5, 5.41) is 12.1. The minimum absolute atomic E-state index is 0.0528. The average Bonchev–Trinajstić information content (AvgIpc) is 2.66. The number of carbonyl (C=O) groups is 3. The van der Waals surface area contributed by atoms with Crippen LogP contribution in [0.25, 0.3) is 0 Å². The molecule has 1 heterocycles. The van der Waals surface area contributed by atoms with Crippen molar-refractivity contribution in [2.45, 2.75) is 71.5 Å². The molecule has 6 nitrogen and oxygen atoms in total. The Morgan fingerprint density at radius 1 is 1.33 bits per heavy atom. The number of amides is 2. The summed E-state index contributed by atoms with van der Waals surface area (Å²) < 4.78 is 0. The molecule has 0 radical (unpaired) electrons. The predicted molar refractivity (Wildman–Crippen MR) is 78.6 cm³/mol. The topological polar surface area (TPSA) is 86.7 Å². The van der Waals surface area contributed by atoms with E-state index in [0.717, 1.165) is 12.8 Å². The van der Waals surface area contributed by atoms with Crippen molar-refractivity contribution in [3.05, 3.63) is 0 Å². The fraction of sp³-hybridized carbons (Fsp3) is 0.800. The van der Waals surface area contributed by atoms with Crippen molar-refractivity contribution in [3.8, 4) is 0 Å². The van der Waals surface area contributed by atoms with Gasteiger partial charge in [0.1, 0.15) is 6.04 Å². The van der Waals surface area contributed by atoms with Crippen molar-refractivity contribution < 1.29 is 19.5 Å². The second kappa shape index (κ2) is 7.54. The van der Waals surface area contributed by atoms with Gasteiger partial charge in [-0.25, -0.2) is 0 Å². The van der Waals surface area contributed by atoms with E-state index in [1.807, 2.05) is 27.7 Å². The van der Waals surface area contributed by atoms with Crippen molar-refractivity contribution in [3.63, 3.8) is 0 Å². The number of hydrogen-bond acceptors (Lipinski definition) is 4. The second-order valence-corrected chi connectivity index (χ2v) is 6.02. The zero-order chi connectivity index (χ0) is 16.2. The third-order valence-corrected chi connectivity index (χ3v) is 3.90. The second-order valence-electron chi connectivity index (χ2n) is 6.02. The summed E-state index contributed by atoms with van der Waals surface area (Å²) in [5.41, 5.74) is 0. The first kappa shape index (κ1) is 17.6. The lowest BCUT2D eigenvalue weighted by molar-refractivity contribution is -0.142. The van der Waals surface area contributed by atoms with E-state index in [-0.39, 0.29) is 30.2 Å². The molecule has 6 heteroatoms. The fourth-order valence-electron chi connectivity index (χ4n) is 2.77. The molecule has 2 amide bonds. The Hall–Kier alpha value is -1.43. The predicted octanol–water partition coefficient (Wildman–Crippen LogP) is 1.39. The summed E-state index contributed by atoms with van der Waals surface area (Å²) in [7, 11) is 0. The van der Waals surface area contributed by atoms with E-state index in [1.54, 1.807) is 0 Å². The van der Waals surface area contributed by atoms with E-state index in [9.17, 15) is 19.5 Å². The summed E-state index contributed by atoms with van der Waals surface area (Å²) >= 11 is 0. The minimum atomic E-state index is -0.982. The van der Waals surface area contributed by atoms with Crippen molar-refractivity contribution in [1.29, 1.82) is 0 Å². The molecule has 0 spiro atoms. The summed E-state index contributed by atoms with van der Waals surface area (Å²) in [6, 6.07) is -1.60. The number of rotatable bonds is 8. The Morgan fingerprint density at radius 3 is 2.33 bits per heavy atom. The van der Waals surface area contributed by atoms with E-state index in [0.29, 0.717) is 6.42 Å². The highest BCUT2D eigenvalue weighted by atomic mass is 16.4. The van der Waals surface area contributed by atoms with Crippen LogP contribution in [0.1, 0.15) is 53.4 Å². The Labute approximate surface area is 125 Å². The van der Waals surface area contributed by atoms with Crippen molar-refractivity contribution in [1.82, 2.24) is 10.2 Å². The highest BCUT2D eigenvalue weighted by molar-refractivity contribution is 6.06. The largest absolute Gasteiger partial charge is 0.480 e. The molecule has 2 atom stereocenters. The van der Waals surface area contributed by atoms with Crippen molar-refractivity contribution in [2.75, 3.05) is 0 Å². The van der Waals surface area contributed by atoms with Gasteiger partial charge in [0.2, 0.25) is 11.8 Å². The monoisotopic (exact) mass is 298 g/mol. The first-order chi connectivity index (χ1) is 9.81. The van der Waals surface area contributed by atoms with Gasteiger partial charge in [0.25, 0.3) is 0 Å². The Balaban J connectivity index is 2.79. The Kier molecular flexibility index (Phi) is 6.33. The summed E-state index contributed by atoms with van der Waals surface area (Å²) in [6.45, 7) is 7.73. The quantitative estimate of drug-likeness (QED) is 0.661. The van der Waals surface area contributed by atoms with Crippen LogP contribution in [0.15, 0.2) is 0 Å². The number of nitrogens with one attached hydrogen (secondary N) is 1. The molecule has 1 fully saturated rings. The van der Waals surface area contributed by atoms with Crippen LogP contribution in [-0.2, 0) is 14.4 Å². The van der Waals surface area contributed by atoms with Gasteiger partial charge in [-0.1, -0.05) is 27.7 Å². The first-order valence-electron chi connectivity index (χ1n) is 7.66. The molecule has 0 aromatic carbocycles. The maximum Gasteiger partial charge on any atom is 0.320 e. The highest BCUT2D eigenvalue weighted by Crippen LogP contribution is 2.21. The van der Waals surface area contributed by atoms with Gasteiger partial charge in [-0.3, -0.25) is 24.6 Å². The van der Waals surface area contributed by atoms with E-state index in [2.05, 4.69) is 5.32 Å². The van der Waals surface area contributed by atoms with E-state index < -0.39 is 18.1 Å². The third-order valence-electron chi connectivity index (χ3n) is 3.90. The van der Waals surface area contributed by atoms with Crippen LogP contribution in [0.5, 0.6) is 0 Å². The number of likely N-dealkylation sites (tertiary alicyclic amines) is 1. The van der Waals surface area contributed by atoms with Gasteiger partial charge in [-0.15, -0.1) is 0 Å². The van der Waals surface area contributed by atoms with E-state index >= 15 is 0 Å². The molecule has 0 saturated carbocycles. The molecular weight excluding hydrogens is 272 g/mol. The number of hydrogen-bond donors (Lipinski definition) is 2. The summed E-state index contributed by atoms with van der Waals surface area (Å²) in [6.07, 6.45) is 1.92. The highest BCUT2D eigenvalue weighted by Gasteiger charge is 2.42. The van der Waals surface area contributed by atoms with Crippen LogP contribution < -0.4 is 5.32 Å². The number of carboxylic acid groups (broad SMARTS) is 1. The maximum atomic E-state index is 12.4. The van der Waals surface area contributed by atoms with Gasteiger partial charge < -0.3 is 5.11 Å². The molecule has 21 heavy (non-hydrogen) atoms. The molecule has 2 unspecified atom stereocenters. The van der Waals surface area contributed by atoms with Gasteiger partial charge in [-0.05, 0) is 25.2 Å². The van der Waals surface area contributed by atoms with Crippen LogP contribution >= 0.6 is 0 Å². The van der Waals surface area contributed by atoms with Crippen LogP contribution in [0.3, 0.4) is 0 Å². The van der Waals surface area contributed by atoms with Gasteiger partial charge in [0, 0.05) is 6.04 Å². The van der Waals surface area contributed by atoms with E-state index in [1.165, 1.54) is 4.90 Å². The minimum Gasteiger partial charge on any atom is -0.480 e. The lowest BCUT2D eigenvalue weighted by atomic mass is 10.0.